The molecule has 27 heavy (non-hydrogen) atoms. The van der Waals surface area contributed by atoms with Gasteiger partial charge in [0.1, 0.15) is 5.75 Å². The highest BCUT2D eigenvalue weighted by Crippen LogP contribution is 2.22. The fraction of sp³-hybridized carbons (Fsp3) is 0.158. The van der Waals surface area contributed by atoms with Crippen LogP contribution in [0, 0.1) is 0 Å². The van der Waals surface area contributed by atoms with Crippen LogP contribution in [0.3, 0.4) is 0 Å². The van der Waals surface area contributed by atoms with Crippen LogP contribution in [0.5, 0.6) is 5.75 Å². The Morgan fingerprint density at radius 3 is 2.63 bits per heavy atom. The second kappa shape index (κ2) is 9.00. The van der Waals surface area contributed by atoms with Crippen molar-refractivity contribution in [2.75, 3.05) is 12.9 Å². The van der Waals surface area contributed by atoms with Crippen LogP contribution < -0.4 is 10.2 Å². The number of aromatic nitrogens is 3. The van der Waals surface area contributed by atoms with Crippen LogP contribution >= 0.6 is 11.8 Å². The Morgan fingerprint density at radius 2 is 1.93 bits per heavy atom. The zero-order valence-electron chi connectivity index (χ0n) is 15.0. The Balaban J connectivity index is 1.52. The summed E-state index contributed by atoms with van der Waals surface area (Å²) in [5, 5.41) is 13.0. The van der Waals surface area contributed by atoms with E-state index in [9.17, 15) is 4.79 Å². The first-order valence-electron chi connectivity index (χ1n) is 8.21. The molecule has 0 aliphatic rings. The molecule has 0 bridgehead atoms. The van der Waals surface area contributed by atoms with E-state index in [1.807, 2.05) is 66.2 Å². The maximum Gasteiger partial charge on any atom is 0.250 e. The number of hydrogen-bond acceptors (Lipinski definition) is 6. The first kappa shape index (κ1) is 18.7. The van der Waals surface area contributed by atoms with E-state index in [1.54, 1.807) is 13.3 Å². The average Bonchev–Trinajstić information content (AvgIpc) is 3.08. The molecular weight excluding hydrogens is 362 g/mol. The Labute approximate surface area is 161 Å². The largest absolute Gasteiger partial charge is 0.497 e. The van der Waals surface area contributed by atoms with Crippen molar-refractivity contribution in [3.8, 4) is 17.1 Å². The number of nitrogens with zero attached hydrogens (tertiary/aromatic N) is 4. The van der Waals surface area contributed by atoms with E-state index in [-0.39, 0.29) is 11.7 Å². The molecule has 0 atom stereocenters. The monoisotopic (exact) mass is 381 g/mol. The van der Waals surface area contributed by atoms with Crippen molar-refractivity contribution in [2.45, 2.75) is 5.16 Å². The first-order valence-corrected chi connectivity index (χ1v) is 9.19. The predicted octanol–water partition coefficient (Wildman–Crippen LogP) is 2.73. The number of thioether (sulfide) groups is 1. The van der Waals surface area contributed by atoms with Crippen LogP contribution in [0.4, 0.5) is 0 Å². The topological polar surface area (TPSA) is 81.4 Å². The Bertz CT molecular complexity index is 923. The molecule has 0 aliphatic carbocycles. The van der Waals surface area contributed by atoms with Gasteiger partial charge in [-0.15, -0.1) is 10.2 Å². The Kier molecular flexibility index (Phi) is 6.22. The summed E-state index contributed by atoms with van der Waals surface area (Å²) in [5.74, 6) is 1.51. The molecular formula is C19H19N5O2S. The number of ether oxygens (including phenoxy) is 1. The number of rotatable bonds is 7. The number of amides is 1. The van der Waals surface area contributed by atoms with Gasteiger partial charge in [-0.05, 0) is 29.8 Å². The maximum atomic E-state index is 12.0. The molecule has 0 fully saturated rings. The minimum atomic E-state index is -0.214. The van der Waals surface area contributed by atoms with Gasteiger partial charge in [0, 0.05) is 12.6 Å². The van der Waals surface area contributed by atoms with Gasteiger partial charge in [0.15, 0.2) is 11.0 Å². The minimum absolute atomic E-state index is 0.195. The lowest BCUT2D eigenvalue weighted by atomic mass is 10.2. The minimum Gasteiger partial charge on any atom is -0.497 e. The van der Waals surface area contributed by atoms with Gasteiger partial charge in [-0.2, -0.15) is 5.10 Å². The van der Waals surface area contributed by atoms with Crippen LogP contribution in [-0.4, -0.2) is 39.7 Å². The summed E-state index contributed by atoms with van der Waals surface area (Å²) >= 11 is 1.31. The van der Waals surface area contributed by atoms with E-state index in [2.05, 4.69) is 20.7 Å². The highest BCUT2D eigenvalue weighted by atomic mass is 32.2. The lowest BCUT2D eigenvalue weighted by Crippen LogP contribution is -2.19. The standard InChI is InChI=1S/C19H19N5O2S/c1-24-18(15-6-4-3-5-7-15)22-23-19(24)27-13-17(25)21-20-12-14-8-10-16(26-2)11-9-14/h3-12H,13H2,1-2H3,(H,21,25)/b20-12-. The van der Waals surface area contributed by atoms with E-state index in [1.165, 1.54) is 11.8 Å². The molecule has 2 aromatic carbocycles. The fourth-order valence-corrected chi connectivity index (χ4v) is 3.01. The second-order valence-corrected chi connectivity index (χ2v) is 6.53. The van der Waals surface area contributed by atoms with Gasteiger partial charge in [-0.25, -0.2) is 5.43 Å². The summed E-state index contributed by atoms with van der Waals surface area (Å²) < 4.78 is 6.96. The van der Waals surface area contributed by atoms with E-state index >= 15 is 0 Å². The normalized spacial score (nSPS) is 10.9. The van der Waals surface area contributed by atoms with Crippen molar-refractivity contribution >= 4 is 23.9 Å². The molecule has 1 aromatic heterocycles. The molecule has 1 heterocycles. The SMILES string of the molecule is COc1ccc(/C=N\NC(=O)CSc2nnc(-c3ccccc3)n2C)cc1. The number of benzene rings is 2. The van der Waals surface area contributed by atoms with Crippen LogP contribution in [-0.2, 0) is 11.8 Å². The average molecular weight is 381 g/mol. The quantitative estimate of drug-likeness (QED) is 0.387. The first-order chi connectivity index (χ1) is 13.2. The highest BCUT2D eigenvalue weighted by molar-refractivity contribution is 7.99. The molecule has 0 aliphatic heterocycles. The summed E-state index contributed by atoms with van der Waals surface area (Å²) in [5.41, 5.74) is 4.35. The van der Waals surface area contributed by atoms with Crippen molar-refractivity contribution < 1.29 is 9.53 Å². The molecule has 3 rings (SSSR count). The van der Waals surface area contributed by atoms with E-state index < -0.39 is 0 Å². The third-order valence-corrected chi connectivity index (χ3v) is 4.74. The number of hydrazone groups is 1. The summed E-state index contributed by atoms with van der Waals surface area (Å²) in [4.78, 5) is 12.0. The third-order valence-electron chi connectivity index (χ3n) is 3.72. The lowest BCUT2D eigenvalue weighted by molar-refractivity contribution is -0.118. The van der Waals surface area contributed by atoms with E-state index in [0.717, 1.165) is 22.7 Å². The molecule has 0 radical (unpaired) electrons. The summed E-state index contributed by atoms with van der Waals surface area (Å²) in [6.07, 6.45) is 1.58. The van der Waals surface area contributed by atoms with Gasteiger partial charge in [0.25, 0.3) is 5.91 Å². The van der Waals surface area contributed by atoms with Crippen LogP contribution in [0.2, 0.25) is 0 Å². The molecule has 0 spiro atoms. The fourth-order valence-electron chi connectivity index (χ4n) is 2.31. The Morgan fingerprint density at radius 1 is 1.19 bits per heavy atom. The lowest BCUT2D eigenvalue weighted by Gasteiger charge is -2.03. The number of nitrogens with one attached hydrogen (secondary N) is 1. The smallest absolute Gasteiger partial charge is 0.250 e. The van der Waals surface area contributed by atoms with Gasteiger partial charge in [-0.1, -0.05) is 42.1 Å². The van der Waals surface area contributed by atoms with Gasteiger partial charge in [0.2, 0.25) is 0 Å². The molecule has 1 N–H and O–H groups in total. The predicted molar refractivity (Wildman–Crippen MR) is 106 cm³/mol. The molecule has 1 amide bonds. The van der Waals surface area contributed by atoms with Crippen molar-refractivity contribution in [3.63, 3.8) is 0 Å². The summed E-state index contributed by atoms with van der Waals surface area (Å²) in [6.45, 7) is 0. The van der Waals surface area contributed by atoms with Crippen molar-refractivity contribution in [1.82, 2.24) is 20.2 Å². The maximum absolute atomic E-state index is 12.0. The highest BCUT2D eigenvalue weighted by Gasteiger charge is 2.12. The Hall–Kier alpha value is -3.13. The van der Waals surface area contributed by atoms with Crippen LogP contribution in [0.1, 0.15) is 5.56 Å². The van der Waals surface area contributed by atoms with Crippen molar-refractivity contribution in [2.24, 2.45) is 12.1 Å². The molecule has 138 valence electrons. The molecule has 0 unspecified atom stereocenters. The van der Waals surface area contributed by atoms with Crippen molar-refractivity contribution in [3.05, 3.63) is 60.2 Å². The second-order valence-electron chi connectivity index (χ2n) is 5.59. The van der Waals surface area contributed by atoms with Crippen LogP contribution in [0.25, 0.3) is 11.4 Å². The van der Waals surface area contributed by atoms with E-state index in [4.69, 9.17) is 4.74 Å². The molecule has 0 saturated heterocycles. The zero-order valence-corrected chi connectivity index (χ0v) is 15.8. The molecule has 8 heteroatoms. The number of hydrogen-bond donors (Lipinski definition) is 1. The molecule has 0 saturated carbocycles. The summed E-state index contributed by atoms with van der Waals surface area (Å²) in [6, 6.07) is 17.2. The van der Waals surface area contributed by atoms with Gasteiger partial charge >= 0.3 is 0 Å². The van der Waals surface area contributed by atoms with Crippen molar-refractivity contribution in [1.29, 1.82) is 0 Å². The van der Waals surface area contributed by atoms with Gasteiger partial charge in [0.05, 0.1) is 19.1 Å². The number of carbonyl (C=O) groups is 1. The third kappa shape index (κ3) is 4.95. The molecule has 7 nitrogen and oxygen atoms in total. The summed E-state index contributed by atoms with van der Waals surface area (Å²) in [7, 11) is 3.49. The van der Waals surface area contributed by atoms with E-state index in [0.29, 0.717) is 5.16 Å². The van der Waals surface area contributed by atoms with Gasteiger partial charge < -0.3 is 9.30 Å². The molecule has 3 aromatic rings. The number of carbonyl (C=O) groups excluding carboxylic acids is 1. The van der Waals surface area contributed by atoms with Crippen LogP contribution in [0.15, 0.2) is 64.9 Å². The number of methoxy groups -OCH3 is 1. The van der Waals surface area contributed by atoms with Gasteiger partial charge in [-0.3, -0.25) is 4.79 Å². The zero-order chi connectivity index (χ0) is 19.1.